The lowest BCUT2D eigenvalue weighted by atomic mass is 10.2. The molecule has 0 aliphatic heterocycles. The van der Waals surface area contributed by atoms with Gasteiger partial charge in [-0.2, -0.15) is 0 Å². The quantitative estimate of drug-likeness (QED) is 0.598. The number of carbonyl (C=O) groups is 1. The Balaban J connectivity index is 2.14. The van der Waals surface area contributed by atoms with Crippen LogP contribution < -0.4 is 4.74 Å². The number of halogens is 1. The van der Waals surface area contributed by atoms with Crippen LogP contribution in [0.4, 0.5) is 0 Å². The fraction of sp³-hybridized carbons (Fsp3) is 0.0833. The van der Waals surface area contributed by atoms with E-state index in [0.717, 1.165) is 5.56 Å². The van der Waals surface area contributed by atoms with Gasteiger partial charge in [0, 0.05) is 0 Å². The number of aryl methyl sites for hydroxylation is 1. The van der Waals surface area contributed by atoms with Gasteiger partial charge in [-0.05, 0) is 30.5 Å². The summed E-state index contributed by atoms with van der Waals surface area (Å²) in [5.74, 6) is 0.115. The summed E-state index contributed by atoms with van der Waals surface area (Å²) in [6.45, 7) is 1.97. The molecule has 0 radical (unpaired) electrons. The first-order valence-corrected chi connectivity index (χ1v) is 5.94. The van der Waals surface area contributed by atoms with E-state index < -0.39 is 5.97 Å². The van der Waals surface area contributed by atoms with E-state index in [2.05, 4.69) is 0 Å². The van der Waals surface area contributed by atoms with Crippen molar-refractivity contribution in [2.75, 3.05) is 0 Å². The molecule has 0 N–H and O–H groups in total. The van der Waals surface area contributed by atoms with E-state index >= 15 is 0 Å². The molecule has 4 heteroatoms. The molecule has 2 nitrogen and oxygen atoms in total. The fourth-order valence-electron chi connectivity index (χ4n) is 1.20. The minimum Gasteiger partial charge on any atom is -0.422 e. The second-order valence-corrected chi connectivity index (χ2v) is 4.62. The van der Waals surface area contributed by atoms with Crippen LogP contribution in [0.15, 0.2) is 35.7 Å². The van der Waals surface area contributed by atoms with Crippen LogP contribution >= 0.6 is 22.9 Å². The van der Waals surface area contributed by atoms with E-state index in [1.54, 1.807) is 23.6 Å². The molecule has 0 fully saturated rings. The first-order chi connectivity index (χ1) is 7.66. The third-order valence-electron chi connectivity index (χ3n) is 2.03. The highest BCUT2D eigenvalue weighted by Gasteiger charge is 2.13. The summed E-state index contributed by atoms with van der Waals surface area (Å²) < 4.78 is 5.18. The zero-order valence-corrected chi connectivity index (χ0v) is 10.1. The Kier molecular flexibility index (Phi) is 3.27. The maximum atomic E-state index is 11.7. The number of thiophene rings is 1. The van der Waals surface area contributed by atoms with Crippen molar-refractivity contribution in [2.24, 2.45) is 0 Å². The second-order valence-electron chi connectivity index (χ2n) is 3.30. The smallest absolute Gasteiger partial charge is 0.355 e. The molecule has 1 heterocycles. The minimum atomic E-state index is -0.413. The van der Waals surface area contributed by atoms with Crippen molar-refractivity contribution in [2.45, 2.75) is 6.92 Å². The molecule has 0 atom stereocenters. The van der Waals surface area contributed by atoms with E-state index in [1.165, 1.54) is 11.3 Å². The van der Waals surface area contributed by atoms with E-state index in [4.69, 9.17) is 16.3 Å². The highest BCUT2D eigenvalue weighted by molar-refractivity contribution is 7.12. The number of rotatable bonds is 2. The highest BCUT2D eigenvalue weighted by atomic mass is 35.5. The summed E-state index contributed by atoms with van der Waals surface area (Å²) in [4.78, 5) is 12.1. The summed E-state index contributed by atoms with van der Waals surface area (Å²) in [6, 6.07) is 8.97. The SMILES string of the molecule is Cc1ccc(OC(=O)c2sccc2Cl)cc1. The molecule has 0 saturated carbocycles. The Morgan fingerprint density at radius 2 is 1.94 bits per heavy atom. The van der Waals surface area contributed by atoms with Gasteiger partial charge in [0.15, 0.2) is 0 Å². The topological polar surface area (TPSA) is 26.3 Å². The molecule has 0 bridgehead atoms. The Morgan fingerprint density at radius 3 is 2.50 bits per heavy atom. The van der Waals surface area contributed by atoms with Crippen LogP contribution in [0, 0.1) is 6.92 Å². The van der Waals surface area contributed by atoms with Gasteiger partial charge in [-0.25, -0.2) is 4.79 Å². The number of ether oxygens (including phenoxy) is 1. The lowest BCUT2D eigenvalue weighted by molar-refractivity contribution is 0.0740. The van der Waals surface area contributed by atoms with Gasteiger partial charge >= 0.3 is 5.97 Å². The molecule has 0 spiro atoms. The summed E-state index contributed by atoms with van der Waals surface area (Å²) in [7, 11) is 0. The average molecular weight is 253 g/mol. The van der Waals surface area contributed by atoms with Crippen molar-refractivity contribution < 1.29 is 9.53 Å². The first kappa shape index (κ1) is 11.2. The number of carbonyl (C=O) groups excluding carboxylic acids is 1. The molecule has 82 valence electrons. The summed E-state index contributed by atoms with van der Waals surface area (Å²) in [5, 5.41) is 2.19. The van der Waals surface area contributed by atoms with Gasteiger partial charge in [0.25, 0.3) is 0 Å². The first-order valence-electron chi connectivity index (χ1n) is 4.68. The number of hydrogen-bond donors (Lipinski definition) is 0. The van der Waals surface area contributed by atoms with Crippen molar-refractivity contribution >= 4 is 28.9 Å². The Bertz CT molecular complexity index is 502. The second kappa shape index (κ2) is 4.68. The van der Waals surface area contributed by atoms with Crippen molar-refractivity contribution in [1.29, 1.82) is 0 Å². The van der Waals surface area contributed by atoms with Gasteiger partial charge in [0.05, 0.1) is 5.02 Å². The molecular formula is C12H9ClO2S. The predicted molar refractivity (Wildman–Crippen MR) is 65.5 cm³/mol. The maximum absolute atomic E-state index is 11.7. The van der Waals surface area contributed by atoms with Gasteiger partial charge in [-0.15, -0.1) is 11.3 Å². The van der Waals surface area contributed by atoms with Crippen LogP contribution in [0.25, 0.3) is 0 Å². The molecule has 1 aromatic heterocycles. The Morgan fingerprint density at radius 1 is 1.25 bits per heavy atom. The van der Waals surface area contributed by atoms with Crippen LogP contribution in [0.3, 0.4) is 0 Å². The summed E-state index contributed by atoms with van der Waals surface area (Å²) in [5.41, 5.74) is 1.12. The van der Waals surface area contributed by atoms with E-state index in [0.29, 0.717) is 15.6 Å². The van der Waals surface area contributed by atoms with Crippen LogP contribution in [-0.2, 0) is 0 Å². The van der Waals surface area contributed by atoms with Crippen molar-refractivity contribution in [3.63, 3.8) is 0 Å². The fourth-order valence-corrected chi connectivity index (χ4v) is 2.21. The molecule has 2 rings (SSSR count). The van der Waals surface area contributed by atoms with Crippen molar-refractivity contribution in [3.05, 3.63) is 51.2 Å². The normalized spacial score (nSPS) is 10.1. The lowest BCUT2D eigenvalue weighted by Gasteiger charge is -2.03. The van der Waals surface area contributed by atoms with Gasteiger partial charge < -0.3 is 4.74 Å². The lowest BCUT2D eigenvalue weighted by Crippen LogP contribution is -2.06. The summed E-state index contributed by atoms with van der Waals surface area (Å²) >= 11 is 7.11. The van der Waals surface area contributed by atoms with E-state index in [-0.39, 0.29) is 0 Å². The average Bonchev–Trinajstić information content (AvgIpc) is 2.68. The maximum Gasteiger partial charge on any atom is 0.355 e. The third kappa shape index (κ3) is 2.43. The molecule has 0 amide bonds. The van der Waals surface area contributed by atoms with Gasteiger partial charge in [0.2, 0.25) is 0 Å². The molecule has 16 heavy (non-hydrogen) atoms. The Labute approximate surface area is 102 Å². The zero-order chi connectivity index (χ0) is 11.5. The largest absolute Gasteiger partial charge is 0.422 e. The highest BCUT2D eigenvalue weighted by Crippen LogP contribution is 2.24. The van der Waals surface area contributed by atoms with Crippen LogP contribution in [0.2, 0.25) is 5.02 Å². The predicted octanol–water partition coefficient (Wildman–Crippen LogP) is 3.93. The van der Waals surface area contributed by atoms with Crippen LogP contribution in [0.5, 0.6) is 5.75 Å². The minimum absolute atomic E-state index is 0.413. The molecule has 0 unspecified atom stereocenters. The van der Waals surface area contributed by atoms with Crippen LogP contribution in [-0.4, -0.2) is 5.97 Å². The summed E-state index contributed by atoms with van der Waals surface area (Å²) in [6.07, 6.45) is 0. The zero-order valence-electron chi connectivity index (χ0n) is 8.57. The van der Waals surface area contributed by atoms with Gasteiger partial charge in [-0.3, -0.25) is 0 Å². The molecule has 0 aliphatic rings. The van der Waals surface area contributed by atoms with Crippen LogP contribution in [0.1, 0.15) is 15.2 Å². The molecule has 1 aromatic carbocycles. The third-order valence-corrected chi connectivity index (χ3v) is 3.36. The van der Waals surface area contributed by atoms with Crippen molar-refractivity contribution in [3.8, 4) is 5.75 Å². The number of benzene rings is 1. The van der Waals surface area contributed by atoms with E-state index in [1.807, 2.05) is 19.1 Å². The standard InChI is InChI=1S/C12H9ClO2S/c1-8-2-4-9(5-3-8)15-12(14)11-10(13)6-7-16-11/h2-7H,1H3. The monoisotopic (exact) mass is 252 g/mol. The van der Waals surface area contributed by atoms with E-state index in [9.17, 15) is 4.79 Å². The molecule has 2 aromatic rings. The Hall–Kier alpha value is -1.32. The van der Waals surface area contributed by atoms with Gasteiger partial charge in [-0.1, -0.05) is 29.3 Å². The molecule has 0 saturated heterocycles. The number of hydrogen-bond acceptors (Lipinski definition) is 3. The van der Waals surface area contributed by atoms with Crippen molar-refractivity contribution in [1.82, 2.24) is 0 Å². The van der Waals surface area contributed by atoms with Gasteiger partial charge in [0.1, 0.15) is 10.6 Å². The molecule has 0 aliphatic carbocycles. The molecular weight excluding hydrogens is 244 g/mol. The number of esters is 1.